The highest BCUT2D eigenvalue weighted by Crippen LogP contribution is 2.44. The van der Waals surface area contributed by atoms with Crippen LogP contribution in [0.2, 0.25) is 0 Å². The molecule has 0 bridgehead atoms. The van der Waals surface area contributed by atoms with Gasteiger partial charge in [-0.3, -0.25) is 9.69 Å². The first-order valence-corrected chi connectivity index (χ1v) is 9.72. The number of anilines is 1. The summed E-state index contributed by atoms with van der Waals surface area (Å²) in [6.07, 6.45) is -0.708. The lowest BCUT2D eigenvalue weighted by Crippen LogP contribution is -2.37. The zero-order valence-electron chi connectivity index (χ0n) is 16.3. The molecule has 3 aromatic rings. The summed E-state index contributed by atoms with van der Waals surface area (Å²) < 4.78 is 5.64. The largest absolute Gasteiger partial charge is 0.480 e. The summed E-state index contributed by atoms with van der Waals surface area (Å²) in [5, 5.41) is 9.32. The first kappa shape index (κ1) is 19.7. The van der Waals surface area contributed by atoms with Crippen LogP contribution in [0.5, 0.6) is 0 Å². The summed E-state index contributed by atoms with van der Waals surface area (Å²) in [5.41, 5.74) is 11.3. The predicted molar refractivity (Wildman–Crippen MR) is 114 cm³/mol. The molecule has 4 rings (SSSR count). The molecule has 1 aliphatic rings. The van der Waals surface area contributed by atoms with E-state index >= 15 is 0 Å². The van der Waals surface area contributed by atoms with Crippen molar-refractivity contribution in [2.75, 3.05) is 18.1 Å². The summed E-state index contributed by atoms with van der Waals surface area (Å²) in [6, 6.07) is 23.1. The van der Waals surface area contributed by atoms with Crippen LogP contribution in [0.4, 0.5) is 10.5 Å². The van der Waals surface area contributed by atoms with E-state index in [9.17, 15) is 14.7 Å². The molecule has 6 nitrogen and oxygen atoms in total. The van der Waals surface area contributed by atoms with Crippen molar-refractivity contribution in [3.63, 3.8) is 0 Å². The Balaban J connectivity index is 1.59. The standard InChI is InChI=1S/C24H22N2O4/c25-13-16-7-1-6-12-22(16)26(14-23(27)28)24(29)30-15-21-19-10-4-2-8-17(19)18-9-3-5-11-20(18)21/h1-12,21H,13-15,25H2,(H,27,28). The lowest BCUT2D eigenvalue weighted by atomic mass is 9.98. The molecule has 0 heterocycles. The van der Waals surface area contributed by atoms with E-state index in [1.165, 1.54) is 0 Å². The minimum atomic E-state index is -1.13. The van der Waals surface area contributed by atoms with E-state index in [1.54, 1.807) is 24.3 Å². The molecule has 0 saturated carbocycles. The van der Waals surface area contributed by atoms with Crippen LogP contribution in [0.1, 0.15) is 22.6 Å². The topological polar surface area (TPSA) is 92.9 Å². The van der Waals surface area contributed by atoms with Gasteiger partial charge in [0.2, 0.25) is 0 Å². The summed E-state index contributed by atoms with van der Waals surface area (Å²) in [4.78, 5) is 25.4. The van der Waals surface area contributed by atoms with Crippen molar-refractivity contribution in [2.24, 2.45) is 5.73 Å². The number of ether oxygens (including phenoxy) is 1. The monoisotopic (exact) mass is 402 g/mol. The number of rotatable bonds is 6. The van der Waals surface area contributed by atoms with Crippen molar-refractivity contribution in [3.8, 4) is 11.1 Å². The number of carbonyl (C=O) groups excluding carboxylic acids is 1. The molecular weight excluding hydrogens is 380 g/mol. The van der Waals surface area contributed by atoms with Crippen molar-refractivity contribution in [1.29, 1.82) is 0 Å². The Kier molecular flexibility index (Phi) is 5.50. The van der Waals surface area contributed by atoms with E-state index in [1.807, 2.05) is 36.4 Å². The number of hydrogen-bond acceptors (Lipinski definition) is 4. The highest BCUT2D eigenvalue weighted by molar-refractivity contribution is 5.94. The van der Waals surface area contributed by atoms with Crippen LogP contribution in [-0.2, 0) is 16.1 Å². The Morgan fingerprint density at radius 3 is 2.07 bits per heavy atom. The fourth-order valence-corrected chi connectivity index (χ4v) is 4.00. The Bertz CT molecular complexity index is 1050. The van der Waals surface area contributed by atoms with Gasteiger partial charge in [0.05, 0.1) is 5.69 Å². The maximum Gasteiger partial charge on any atom is 0.414 e. The van der Waals surface area contributed by atoms with Crippen molar-refractivity contribution < 1.29 is 19.4 Å². The van der Waals surface area contributed by atoms with Gasteiger partial charge in [-0.2, -0.15) is 0 Å². The smallest absolute Gasteiger partial charge is 0.414 e. The van der Waals surface area contributed by atoms with E-state index in [4.69, 9.17) is 10.5 Å². The lowest BCUT2D eigenvalue weighted by Gasteiger charge is -2.24. The van der Waals surface area contributed by atoms with Gasteiger partial charge in [0, 0.05) is 12.5 Å². The van der Waals surface area contributed by atoms with E-state index < -0.39 is 18.6 Å². The Morgan fingerprint density at radius 1 is 0.900 bits per heavy atom. The second-order valence-corrected chi connectivity index (χ2v) is 7.12. The maximum absolute atomic E-state index is 12.9. The molecule has 0 atom stereocenters. The molecule has 0 fully saturated rings. The molecule has 3 aromatic carbocycles. The third kappa shape index (κ3) is 3.65. The Labute approximate surface area is 174 Å². The van der Waals surface area contributed by atoms with Crippen LogP contribution in [0.25, 0.3) is 11.1 Å². The minimum absolute atomic E-state index is 0.0993. The van der Waals surface area contributed by atoms with Crippen LogP contribution < -0.4 is 10.6 Å². The van der Waals surface area contributed by atoms with Crippen molar-refractivity contribution in [1.82, 2.24) is 0 Å². The van der Waals surface area contributed by atoms with E-state index in [2.05, 4.69) is 12.1 Å². The van der Waals surface area contributed by atoms with Crippen molar-refractivity contribution in [3.05, 3.63) is 89.5 Å². The molecule has 0 spiro atoms. The number of benzene rings is 3. The number of aliphatic carboxylic acids is 1. The zero-order chi connectivity index (χ0) is 21.1. The Morgan fingerprint density at radius 2 is 1.47 bits per heavy atom. The number of nitrogens with two attached hydrogens (primary N) is 1. The van der Waals surface area contributed by atoms with Gasteiger partial charge in [-0.05, 0) is 33.9 Å². The number of carboxylic acid groups (broad SMARTS) is 1. The third-order valence-electron chi connectivity index (χ3n) is 5.35. The second-order valence-electron chi connectivity index (χ2n) is 7.12. The third-order valence-corrected chi connectivity index (χ3v) is 5.35. The summed E-state index contributed by atoms with van der Waals surface area (Å²) >= 11 is 0. The second kappa shape index (κ2) is 8.39. The quantitative estimate of drug-likeness (QED) is 0.650. The fraction of sp³-hybridized carbons (Fsp3) is 0.167. The van der Waals surface area contributed by atoms with Gasteiger partial charge in [-0.15, -0.1) is 0 Å². The molecular formula is C24H22N2O4. The van der Waals surface area contributed by atoms with Gasteiger partial charge in [-0.25, -0.2) is 4.79 Å². The highest BCUT2D eigenvalue weighted by Gasteiger charge is 2.30. The Hall–Kier alpha value is -3.64. The van der Waals surface area contributed by atoms with Gasteiger partial charge >= 0.3 is 12.1 Å². The molecule has 6 heteroatoms. The first-order chi connectivity index (χ1) is 14.6. The van der Waals surface area contributed by atoms with Crippen LogP contribution >= 0.6 is 0 Å². The van der Waals surface area contributed by atoms with Crippen LogP contribution in [0, 0.1) is 0 Å². The number of carboxylic acids is 1. The van der Waals surface area contributed by atoms with E-state index in [0.29, 0.717) is 11.3 Å². The van der Waals surface area contributed by atoms with Crippen LogP contribution in [0.3, 0.4) is 0 Å². The molecule has 1 amide bonds. The summed E-state index contributed by atoms with van der Waals surface area (Å²) in [5.74, 6) is -1.23. The van der Waals surface area contributed by atoms with Crippen LogP contribution in [0.15, 0.2) is 72.8 Å². The number of hydrogen-bond donors (Lipinski definition) is 2. The number of carbonyl (C=O) groups is 2. The average molecular weight is 402 g/mol. The molecule has 0 saturated heterocycles. The molecule has 152 valence electrons. The number of fused-ring (bicyclic) bond motifs is 3. The molecule has 0 unspecified atom stereocenters. The molecule has 0 aliphatic heterocycles. The van der Waals surface area contributed by atoms with Gasteiger partial charge in [0.15, 0.2) is 0 Å². The first-order valence-electron chi connectivity index (χ1n) is 9.72. The van der Waals surface area contributed by atoms with Crippen molar-refractivity contribution >= 4 is 17.7 Å². The van der Waals surface area contributed by atoms with E-state index in [-0.39, 0.29) is 19.1 Å². The van der Waals surface area contributed by atoms with E-state index in [0.717, 1.165) is 27.2 Å². The predicted octanol–water partition coefficient (Wildman–Crippen LogP) is 3.99. The minimum Gasteiger partial charge on any atom is -0.480 e. The molecule has 3 N–H and O–H groups in total. The van der Waals surface area contributed by atoms with Gasteiger partial charge in [0.25, 0.3) is 0 Å². The van der Waals surface area contributed by atoms with Gasteiger partial charge in [0.1, 0.15) is 13.2 Å². The van der Waals surface area contributed by atoms with Gasteiger partial charge < -0.3 is 15.6 Å². The summed E-state index contributed by atoms with van der Waals surface area (Å²) in [6.45, 7) is -0.204. The molecule has 0 aromatic heterocycles. The highest BCUT2D eigenvalue weighted by atomic mass is 16.6. The normalized spacial score (nSPS) is 12.2. The van der Waals surface area contributed by atoms with Gasteiger partial charge in [-0.1, -0.05) is 66.7 Å². The SMILES string of the molecule is NCc1ccccc1N(CC(=O)O)C(=O)OCC1c2ccccc2-c2ccccc21. The number of nitrogens with zero attached hydrogens (tertiary/aromatic N) is 1. The van der Waals surface area contributed by atoms with Crippen LogP contribution in [-0.4, -0.2) is 30.3 Å². The maximum atomic E-state index is 12.9. The fourth-order valence-electron chi connectivity index (χ4n) is 4.00. The van der Waals surface area contributed by atoms with Crippen molar-refractivity contribution in [2.45, 2.75) is 12.5 Å². The average Bonchev–Trinajstić information content (AvgIpc) is 3.09. The number of para-hydroxylation sites is 1. The number of amides is 1. The molecule has 0 radical (unpaired) electrons. The lowest BCUT2D eigenvalue weighted by molar-refractivity contribution is -0.135. The zero-order valence-corrected chi connectivity index (χ0v) is 16.3. The summed E-state index contributed by atoms with van der Waals surface area (Å²) in [7, 11) is 0. The molecule has 1 aliphatic carbocycles. The molecule has 30 heavy (non-hydrogen) atoms.